The van der Waals surface area contributed by atoms with Crippen molar-refractivity contribution in [3.8, 4) is 0 Å². The quantitative estimate of drug-likeness (QED) is 0.186. The molecule has 2 aromatic carbocycles. The van der Waals surface area contributed by atoms with E-state index in [1.54, 1.807) is 24.2 Å². The number of nitrogens with one attached hydrogen (secondary N) is 4. The summed E-state index contributed by atoms with van der Waals surface area (Å²) >= 11 is 1.64. The van der Waals surface area contributed by atoms with Crippen molar-refractivity contribution >= 4 is 29.4 Å². The molecule has 0 saturated carbocycles. The number of pyridine rings is 2. The highest BCUT2D eigenvalue weighted by Gasteiger charge is 2.24. The molecule has 4 aromatic rings. The summed E-state index contributed by atoms with van der Waals surface area (Å²) in [6, 6.07) is 20.0. The van der Waals surface area contributed by atoms with Crippen LogP contribution in [0.5, 0.6) is 0 Å². The second-order valence-corrected chi connectivity index (χ2v) is 11.3. The van der Waals surface area contributed by atoms with Crippen molar-refractivity contribution in [3.05, 3.63) is 119 Å². The molecule has 4 N–H and O–H groups in total. The average molecular weight is 581 g/mol. The molecule has 9 heteroatoms. The first-order valence-corrected chi connectivity index (χ1v) is 15.4. The Balaban J connectivity index is 1.10. The summed E-state index contributed by atoms with van der Waals surface area (Å²) in [5, 5.41) is 12.3. The van der Waals surface area contributed by atoms with Gasteiger partial charge < -0.3 is 21.3 Å². The zero-order chi connectivity index (χ0) is 29.1. The van der Waals surface area contributed by atoms with E-state index in [0.717, 1.165) is 58.5 Å². The fourth-order valence-electron chi connectivity index (χ4n) is 4.96. The lowest BCUT2D eigenvalue weighted by Crippen LogP contribution is -2.41. The third-order valence-corrected chi connectivity index (χ3v) is 7.99. The van der Waals surface area contributed by atoms with Gasteiger partial charge in [-0.1, -0.05) is 48.5 Å². The highest BCUT2D eigenvalue weighted by Crippen LogP contribution is 2.27. The molecule has 1 unspecified atom stereocenters. The fourth-order valence-corrected chi connectivity index (χ4v) is 5.39. The van der Waals surface area contributed by atoms with Crippen LogP contribution in [0, 0.1) is 0 Å². The number of fused-ring (bicyclic) bond motifs is 1. The number of thioether (sulfide) groups is 1. The normalized spacial score (nSPS) is 13.9. The first-order chi connectivity index (χ1) is 20.6. The van der Waals surface area contributed by atoms with Crippen LogP contribution in [0.3, 0.4) is 0 Å². The lowest BCUT2D eigenvalue weighted by Gasteiger charge is -2.27. The van der Waals surface area contributed by atoms with Gasteiger partial charge in [0.2, 0.25) is 5.91 Å². The number of urea groups is 1. The second-order valence-electron chi connectivity index (χ2n) is 10.4. The number of aryl methyl sites for hydroxylation is 3. The molecule has 1 atom stereocenters. The molecule has 8 nitrogen and oxygen atoms in total. The molecule has 0 bridgehead atoms. The van der Waals surface area contributed by atoms with E-state index < -0.39 is 0 Å². The molecule has 216 valence electrons. The zero-order valence-corrected chi connectivity index (χ0v) is 24.5. The topological polar surface area (TPSA) is 108 Å². The van der Waals surface area contributed by atoms with Crippen LogP contribution in [-0.2, 0) is 43.7 Å². The van der Waals surface area contributed by atoms with Crippen LogP contribution in [0.15, 0.2) is 90.3 Å². The number of anilines is 1. The van der Waals surface area contributed by atoms with E-state index in [2.05, 4.69) is 61.6 Å². The number of benzene rings is 2. The Morgan fingerprint density at radius 1 is 0.786 bits per heavy atom. The minimum absolute atomic E-state index is 0.00542. The Morgan fingerprint density at radius 3 is 2.29 bits per heavy atom. The summed E-state index contributed by atoms with van der Waals surface area (Å²) in [6.45, 7) is 1.36. The molecule has 0 fully saturated rings. The van der Waals surface area contributed by atoms with Gasteiger partial charge in [-0.15, -0.1) is 11.8 Å². The van der Waals surface area contributed by atoms with Gasteiger partial charge in [0.05, 0.1) is 0 Å². The van der Waals surface area contributed by atoms with Crippen LogP contribution in [0.2, 0.25) is 0 Å². The van der Waals surface area contributed by atoms with Crippen molar-refractivity contribution in [3.63, 3.8) is 0 Å². The third-order valence-electron chi connectivity index (χ3n) is 7.30. The van der Waals surface area contributed by atoms with Gasteiger partial charge in [-0.05, 0) is 77.5 Å². The van der Waals surface area contributed by atoms with Gasteiger partial charge in [-0.25, -0.2) is 4.79 Å². The van der Waals surface area contributed by atoms with Crippen LogP contribution in [0.4, 0.5) is 10.5 Å². The molecule has 1 aliphatic rings. The lowest BCUT2D eigenvalue weighted by molar-refractivity contribution is -0.122. The minimum Gasteiger partial charge on any atom is -0.373 e. The van der Waals surface area contributed by atoms with Gasteiger partial charge in [0.1, 0.15) is 6.04 Å². The Labute approximate surface area is 251 Å². The molecular formula is C33H36N6O2S. The first kappa shape index (κ1) is 29.1. The number of nitrogens with zero attached hydrogens (tertiary/aromatic N) is 2. The number of carbonyl (C=O) groups is 2. The van der Waals surface area contributed by atoms with E-state index in [1.165, 1.54) is 11.1 Å². The molecular weight excluding hydrogens is 544 g/mol. The second kappa shape index (κ2) is 14.5. The molecule has 5 rings (SSSR count). The fraction of sp³-hybridized carbons (Fsp3) is 0.273. The van der Waals surface area contributed by atoms with E-state index in [-0.39, 0.29) is 18.0 Å². The SMILES string of the molecule is CSc1cncc(CNC(=O)C2CCc3ccc(CCc4cncc(CNC(=O)NCc5ccccc5)c4)cc3N2)c1. The molecule has 3 heterocycles. The van der Waals surface area contributed by atoms with E-state index in [4.69, 9.17) is 0 Å². The summed E-state index contributed by atoms with van der Waals surface area (Å²) in [6.07, 6.45) is 12.6. The Morgan fingerprint density at radius 2 is 1.48 bits per heavy atom. The minimum atomic E-state index is -0.261. The largest absolute Gasteiger partial charge is 0.373 e. The molecule has 0 aliphatic carbocycles. The van der Waals surface area contributed by atoms with Gasteiger partial charge in [0.15, 0.2) is 0 Å². The van der Waals surface area contributed by atoms with E-state index in [1.807, 2.05) is 49.0 Å². The average Bonchev–Trinajstić information content (AvgIpc) is 3.04. The van der Waals surface area contributed by atoms with Gasteiger partial charge in [0.25, 0.3) is 0 Å². The zero-order valence-electron chi connectivity index (χ0n) is 23.7. The van der Waals surface area contributed by atoms with Gasteiger partial charge >= 0.3 is 6.03 Å². The number of rotatable bonds is 11. The Hall–Kier alpha value is -4.37. The summed E-state index contributed by atoms with van der Waals surface area (Å²) in [5.41, 5.74) is 7.59. The monoisotopic (exact) mass is 580 g/mol. The van der Waals surface area contributed by atoms with Crippen molar-refractivity contribution in [2.75, 3.05) is 11.6 Å². The maximum Gasteiger partial charge on any atom is 0.315 e. The predicted octanol–water partition coefficient (Wildman–Crippen LogP) is 5.03. The Bertz CT molecular complexity index is 1510. The number of hydrogen-bond acceptors (Lipinski definition) is 6. The first-order valence-electron chi connectivity index (χ1n) is 14.2. The van der Waals surface area contributed by atoms with Crippen molar-refractivity contribution < 1.29 is 9.59 Å². The van der Waals surface area contributed by atoms with E-state index in [0.29, 0.717) is 19.6 Å². The number of amides is 3. The van der Waals surface area contributed by atoms with Crippen LogP contribution in [0.25, 0.3) is 0 Å². The van der Waals surface area contributed by atoms with Gasteiger partial charge in [-0.3, -0.25) is 14.8 Å². The van der Waals surface area contributed by atoms with Crippen LogP contribution in [-0.4, -0.2) is 34.2 Å². The predicted molar refractivity (Wildman–Crippen MR) is 167 cm³/mol. The maximum atomic E-state index is 12.9. The molecule has 42 heavy (non-hydrogen) atoms. The summed E-state index contributed by atoms with van der Waals surface area (Å²) in [5.74, 6) is 0.00542. The molecule has 1 aliphatic heterocycles. The molecule has 0 spiro atoms. The molecule has 0 radical (unpaired) electrons. The van der Waals surface area contributed by atoms with Crippen molar-refractivity contribution in [1.82, 2.24) is 25.9 Å². The van der Waals surface area contributed by atoms with Gasteiger partial charge in [0, 0.05) is 55.0 Å². The van der Waals surface area contributed by atoms with Gasteiger partial charge in [-0.2, -0.15) is 0 Å². The van der Waals surface area contributed by atoms with Crippen LogP contribution in [0.1, 0.15) is 39.8 Å². The number of carbonyl (C=O) groups excluding carboxylic acids is 2. The standard InChI is InChI=1S/C33H36N6O2S/c1-42-29-14-27(18-35-22-29)20-36-32(40)30-12-11-28-10-9-23(15-31(28)39-30)7-8-25-13-26(17-34-16-25)21-38-33(41)37-19-24-5-3-2-4-6-24/h2-6,9-10,13-18,22,30,39H,7-8,11-12,19-21H2,1H3,(H,36,40)(H2,37,38,41). The van der Waals surface area contributed by atoms with Crippen LogP contribution >= 0.6 is 11.8 Å². The van der Waals surface area contributed by atoms with Crippen molar-refractivity contribution in [2.45, 2.75) is 56.3 Å². The lowest BCUT2D eigenvalue weighted by atomic mass is 9.94. The molecule has 0 saturated heterocycles. The summed E-state index contributed by atoms with van der Waals surface area (Å²) in [4.78, 5) is 34.9. The van der Waals surface area contributed by atoms with Crippen LogP contribution < -0.4 is 21.3 Å². The van der Waals surface area contributed by atoms with E-state index >= 15 is 0 Å². The highest BCUT2D eigenvalue weighted by molar-refractivity contribution is 7.98. The Kier molecular flexibility index (Phi) is 10.1. The summed E-state index contributed by atoms with van der Waals surface area (Å²) in [7, 11) is 0. The molecule has 2 aromatic heterocycles. The molecule has 3 amide bonds. The summed E-state index contributed by atoms with van der Waals surface area (Å²) < 4.78 is 0. The maximum absolute atomic E-state index is 12.9. The number of hydrogen-bond donors (Lipinski definition) is 4. The van der Waals surface area contributed by atoms with Crippen molar-refractivity contribution in [1.29, 1.82) is 0 Å². The number of aromatic nitrogens is 2. The smallest absolute Gasteiger partial charge is 0.315 e. The highest BCUT2D eigenvalue weighted by atomic mass is 32.2. The third kappa shape index (κ3) is 8.33. The van der Waals surface area contributed by atoms with Crippen molar-refractivity contribution in [2.24, 2.45) is 0 Å². The van der Waals surface area contributed by atoms with E-state index in [9.17, 15) is 9.59 Å².